The number of aromatic nitrogens is 2. The first-order chi connectivity index (χ1) is 10.0. The fourth-order valence-electron chi connectivity index (χ4n) is 1.89. The summed E-state index contributed by atoms with van der Waals surface area (Å²) in [6.45, 7) is 0.499. The van der Waals surface area contributed by atoms with Gasteiger partial charge in [-0.3, -0.25) is 0 Å². The van der Waals surface area contributed by atoms with Gasteiger partial charge in [0.05, 0.1) is 0 Å². The number of nitrogens with zero attached hydrogens (tertiary/aromatic N) is 2. The Hall–Kier alpha value is -2.51. The fraction of sp³-hybridized carbons (Fsp3) is 0.231. The molecule has 5 nitrogen and oxygen atoms in total. The van der Waals surface area contributed by atoms with Crippen LogP contribution in [0.25, 0.3) is 0 Å². The average Bonchev–Trinajstić information content (AvgIpc) is 2.93. The molecule has 0 bridgehead atoms. The third-order valence-electron chi connectivity index (χ3n) is 2.89. The molecule has 1 aromatic heterocycles. The molecule has 0 atom stereocenters. The topological polar surface area (TPSA) is 56.3 Å². The molecule has 110 valence electrons. The zero-order valence-electron chi connectivity index (χ0n) is 10.6. The zero-order valence-corrected chi connectivity index (χ0v) is 10.6. The summed E-state index contributed by atoms with van der Waals surface area (Å²) in [6, 6.07) is 7.53. The van der Waals surface area contributed by atoms with Crippen LogP contribution in [0, 0.1) is 0 Å². The normalized spacial score (nSPS) is 13.3. The highest BCUT2D eigenvalue weighted by Gasteiger charge is 2.32. The van der Waals surface area contributed by atoms with Gasteiger partial charge in [0, 0.05) is 12.1 Å². The van der Waals surface area contributed by atoms with Crippen molar-refractivity contribution in [3.05, 3.63) is 41.6 Å². The maximum absolute atomic E-state index is 12.4. The van der Waals surface area contributed by atoms with Gasteiger partial charge in [0.25, 0.3) is 0 Å². The highest BCUT2D eigenvalue weighted by molar-refractivity contribution is 5.49. The van der Waals surface area contributed by atoms with Crippen LogP contribution in [-0.4, -0.2) is 17.0 Å². The number of fused-ring (bicyclic) bond motifs is 1. The van der Waals surface area contributed by atoms with Gasteiger partial charge in [0.2, 0.25) is 6.79 Å². The third kappa shape index (κ3) is 2.83. The molecule has 1 N–H and O–H groups in total. The van der Waals surface area contributed by atoms with Gasteiger partial charge < -0.3 is 14.8 Å². The summed E-state index contributed by atoms with van der Waals surface area (Å²) >= 11 is 0. The summed E-state index contributed by atoms with van der Waals surface area (Å²) in [7, 11) is 0. The minimum Gasteiger partial charge on any atom is -0.454 e. The van der Waals surface area contributed by atoms with Gasteiger partial charge >= 0.3 is 6.18 Å². The van der Waals surface area contributed by atoms with Crippen molar-refractivity contribution < 1.29 is 22.6 Å². The second-order valence-corrected chi connectivity index (χ2v) is 4.31. The average molecular weight is 297 g/mol. The number of rotatable bonds is 3. The number of hydrogen-bond acceptors (Lipinski definition) is 5. The highest BCUT2D eigenvalue weighted by atomic mass is 19.4. The second kappa shape index (κ2) is 5.12. The van der Waals surface area contributed by atoms with E-state index in [9.17, 15) is 13.2 Å². The number of halogens is 3. The lowest BCUT2D eigenvalue weighted by atomic mass is 10.2. The van der Waals surface area contributed by atoms with Crippen molar-refractivity contribution >= 4 is 5.82 Å². The lowest BCUT2D eigenvalue weighted by Crippen LogP contribution is -2.10. The third-order valence-corrected chi connectivity index (χ3v) is 2.89. The van der Waals surface area contributed by atoms with Crippen LogP contribution >= 0.6 is 0 Å². The smallest absolute Gasteiger partial charge is 0.435 e. The van der Waals surface area contributed by atoms with E-state index in [1.165, 1.54) is 6.07 Å². The second-order valence-electron chi connectivity index (χ2n) is 4.31. The van der Waals surface area contributed by atoms with Crippen molar-refractivity contribution in [1.29, 1.82) is 0 Å². The van der Waals surface area contributed by atoms with Crippen molar-refractivity contribution in [3.63, 3.8) is 0 Å². The van der Waals surface area contributed by atoms with Gasteiger partial charge in [-0.1, -0.05) is 12.1 Å². The Kier molecular flexibility index (Phi) is 3.28. The SMILES string of the molecule is FC(F)(F)c1ccc(NCc2cccc3c2OCO3)nn1. The molecule has 0 spiro atoms. The van der Waals surface area contributed by atoms with Crippen LogP contribution in [0.15, 0.2) is 30.3 Å². The Bertz CT molecular complexity index is 644. The molecule has 2 heterocycles. The molecule has 0 radical (unpaired) electrons. The maximum Gasteiger partial charge on any atom is 0.435 e. The molecule has 0 fully saturated rings. The number of ether oxygens (including phenoxy) is 2. The van der Waals surface area contributed by atoms with Crippen LogP contribution in [0.5, 0.6) is 11.5 Å². The summed E-state index contributed by atoms with van der Waals surface area (Å²) in [4.78, 5) is 0. The number of nitrogens with one attached hydrogen (secondary N) is 1. The van der Waals surface area contributed by atoms with Gasteiger partial charge in [-0.15, -0.1) is 10.2 Å². The predicted octanol–water partition coefficient (Wildman–Crippen LogP) is 2.84. The van der Waals surface area contributed by atoms with Crippen molar-refractivity contribution in [2.24, 2.45) is 0 Å². The largest absolute Gasteiger partial charge is 0.454 e. The molecule has 0 saturated carbocycles. The maximum atomic E-state index is 12.4. The summed E-state index contributed by atoms with van der Waals surface area (Å²) < 4.78 is 47.7. The van der Waals surface area contributed by atoms with Gasteiger partial charge in [-0.2, -0.15) is 13.2 Å². The van der Waals surface area contributed by atoms with E-state index in [0.717, 1.165) is 11.6 Å². The molecule has 0 saturated heterocycles. The van der Waals surface area contributed by atoms with Gasteiger partial charge in [0.15, 0.2) is 17.2 Å². The Morgan fingerprint density at radius 2 is 1.95 bits per heavy atom. The monoisotopic (exact) mass is 297 g/mol. The number of alkyl halides is 3. The standard InChI is InChI=1S/C13H10F3N3O2/c14-13(15,16)10-4-5-11(19-18-10)17-6-8-2-1-3-9-12(8)21-7-20-9/h1-5H,6-7H2,(H,17,19). The van der Waals surface area contributed by atoms with Crippen molar-refractivity contribution in [2.75, 3.05) is 12.1 Å². The van der Waals surface area contributed by atoms with E-state index in [0.29, 0.717) is 18.0 Å². The van der Waals surface area contributed by atoms with E-state index in [1.54, 1.807) is 6.07 Å². The number of anilines is 1. The Labute approximate surface area is 117 Å². The fourth-order valence-corrected chi connectivity index (χ4v) is 1.89. The van der Waals surface area contributed by atoms with E-state index >= 15 is 0 Å². The molecule has 2 aromatic rings. The van der Waals surface area contributed by atoms with Gasteiger partial charge in [-0.25, -0.2) is 0 Å². The molecule has 3 rings (SSSR count). The van der Waals surface area contributed by atoms with E-state index in [1.807, 2.05) is 12.1 Å². The van der Waals surface area contributed by atoms with Crippen molar-refractivity contribution in [2.45, 2.75) is 12.7 Å². The van der Waals surface area contributed by atoms with Crippen molar-refractivity contribution in [3.8, 4) is 11.5 Å². The van der Waals surface area contributed by atoms with Crippen LogP contribution in [-0.2, 0) is 12.7 Å². The van der Waals surface area contributed by atoms with Crippen LogP contribution in [0.1, 0.15) is 11.3 Å². The molecule has 0 amide bonds. The molecule has 8 heteroatoms. The minimum absolute atomic E-state index is 0.159. The Morgan fingerprint density at radius 3 is 2.67 bits per heavy atom. The lowest BCUT2D eigenvalue weighted by Gasteiger charge is -2.09. The van der Waals surface area contributed by atoms with Crippen LogP contribution in [0.4, 0.5) is 19.0 Å². The zero-order chi connectivity index (χ0) is 14.9. The molecule has 1 aliphatic rings. The first-order valence-electron chi connectivity index (χ1n) is 6.06. The molecule has 0 aliphatic carbocycles. The molecule has 21 heavy (non-hydrogen) atoms. The van der Waals surface area contributed by atoms with Gasteiger partial charge in [0.1, 0.15) is 5.82 Å². The molecular formula is C13H10F3N3O2. The van der Waals surface area contributed by atoms with E-state index in [4.69, 9.17) is 9.47 Å². The van der Waals surface area contributed by atoms with Crippen LogP contribution in [0.3, 0.4) is 0 Å². The Morgan fingerprint density at radius 1 is 1.10 bits per heavy atom. The van der Waals surface area contributed by atoms with E-state index in [-0.39, 0.29) is 12.6 Å². The molecule has 1 aromatic carbocycles. The van der Waals surface area contributed by atoms with Gasteiger partial charge in [-0.05, 0) is 18.2 Å². The summed E-state index contributed by atoms with van der Waals surface area (Å²) in [5, 5.41) is 9.53. The molecule has 0 unspecified atom stereocenters. The Balaban J connectivity index is 1.70. The lowest BCUT2D eigenvalue weighted by molar-refractivity contribution is -0.141. The first kappa shape index (κ1) is 13.5. The number of para-hydroxylation sites is 1. The van der Waals surface area contributed by atoms with Crippen LogP contribution in [0.2, 0.25) is 0 Å². The summed E-state index contributed by atoms with van der Waals surface area (Å²) in [5.74, 6) is 1.53. The molecular weight excluding hydrogens is 287 g/mol. The van der Waals surface area contributed by atoms with E-state index < -0.39 is 11.9 Å². The van der Waals surface area contributed by atoms with Crippen molar-refractivity contribution in [1.82, 2.24) is 10.2 Å². The molecule has 1 aliphatic heterocycles. The quantitative estimate of drug-likeness (QED) is 0.944. The predicted molar refractivity (Wildman–Crippen MR) is 66.9 cm³/mol. The number of benzene rings is 1. The van der Waals surface area contributed by atoms with Crippen LogP contribution < -0.4 is 14.8 Å². The number of hydrogen-bond donors (Lipinski definition) is 1. The van der Waals surface area contributed by atoms with E-state index in [2.05, 4.69) is 15.5 Å². The highest BCUT2D eigenvalue weighted by Crippen LogP contribution is 2.35. The minimum atomic E-state index is -4.49. The summed E-state index contributed by atoms with van der Waals surface area (Å²) in [5.41, 5.74) is -0.197. The summed E-state index contributed by atoms with van der Waals surface area (Å²) in [6.07, 6.45) is -4.49. The first-order valence-corrected chi connectivity index (χ1v) is 6.06.